The zero-order chi connectivity index (χ0) is 31.4. The zero-order valence-corrected chi connectivity index (χ0v) is 23.2. The Morgan fingerprint density at radius 3 is 2.52 bits per heavy atom. The maximum atomic E-state index is 14.9. The van der Waals surface area contributed by atoms with Gasteiger partial charge in [0.15, 0.2) is 11.3 Å². The Kier molecular flexibility index (Phi) is 7.59. The van der Waals surface area contributed by atoms with Gasteiger partial charge in [-0.05, 0) is 50.2 Å². The minimum atomic E-state index is -4.45. The molecule has 2 amide bonds. The Morgan fingerprint density at radius 2 is 1.84 bits per heavy atom. The van der Waals surface area contributed by atoms with Gasteiger partial charge in [-0.3, -0.25) is 9.59 Å². The van der Waals surface area contributed by atoms with Gasteiger partial charge < -0.3 is 15.2 Å². The quantitative estimate of drug-likeness (QED) is 0.324. The number of piperidine rings is 1. The summed E-state index contributed by atoms with van der Waals surface area (Å²) in [6.07, 6.45) is -2.87. The second kappa shape index (κ2) is 11.0. The number of carbonyl (C=O) groups excluding carboxylic acids is 2. The predicted octanol–water partition coefficient (Wildman–Crippen LogP) is 5.37. The third kappa shape index (κ3) is 6.11. The zero-order valence-electron chi connectivity index (χ0n) is 23.2. The molecule has 3 atom stereocenters. The van der Waals surface area contributed by atoms with Crippen LogP contribution in [0.1, 0.15) is 78.4 Å². The van der Waals surface area contributed by atoms with Crippen molar-refractivity contribution in [3.8, 4) is 0 Å². The van der Waals surface area contributed by atoms with Crippen LogP contribution in [0.25, 0.3) is 5.65 Å². The number of hydrogen-bond donors (Lipinski definition) is 2. The summed E-state index contributed by atoms with van der Waals surface area (Å²) in [4.78, 5) is 30.1. The molecule has 2 saturated carbocycles. The predicted molar refractivity (Wildman–Crippen MR) is 138 cm³/mol. The van der Waals surface area contributed by atoms with E-state index >= 15 is 0 Å². The average Bonchev–Trinajstić information content (AvgIpc) is 3.55. The Hall–Kier alpha value is -3.72. The summed E-state index contributed by atoms with van der Waals surface area (Å²) in [6.45, 7) is -0.481. The summed E-state index contributed by atoms with van der Waals surface area (Å²) in [5, 5.41) is 12.8. The van der Waals surface area contributed by atoms with Crippen molar-refractivity contribution in [2.24, 2.45) is 23.7 Å². The highest BCUT2D eigenvalue weighted by Crippen LogP contribution is 2.50. The number of imidazole rings is 1. The number of hydrogen-bond acceptors (Lipinski definition) is 6. The molecule has 2 aliphatic carbocycles. The first-order chi connectivity index (χ1) is 20.7. The van der Waals surface area contributed by atoms with Crippen molar-refractivity contribution in [2.45, 2.75) is 75.4 Å². The van der Waals surface area contributed by atoms with Crippen LogP contribution >= 0.6 is 0 Å². The smallest absolute Gasteiger partial charge is 0.363 e. The lowest BCUT2D eigenvalue weighted by Crippen LogP contribution is -2.47. The van der Waals surface area contributed by atoms with Crippen molar-refractivity contribution in [3.05, 3.63) is 47.2 Å². The van der Waals surface area contributed by atoms with Gasteiger partial charge in [0.2, 0.25) is 11.8 Å². The van der Waals surface area contributed by atoms with Gasteiger partial charge in [-0.25, -0.2) is 18.3 Å². The summed E-state index contributed by atoms with van der Waals surface area (Å²) in [5.74, 6) is -11.8. The number of halogens is 7. The molecule has 0 bridgehead atoms. The molecule has 0 spiro atoms. The lowest BCUT2D eigenvalue weighted by molar-refractivity contribution is -0.183. The normalized spacial score (nSPS) is 23.8. The topological polar surface area (TPSA) is 114 Å². The summed E-state index contributed by atoms with van der Waals surface area (Å²) in [6, 6.07) is 2.10. The molecule has 9 nitrogen and oxygen atoms in total. The van der Waals surface area contributed by atoms with Crippen LogP contribution in [0.15, 0.2) is 29.1 Å². The van der Waals surface area contributed by atoms with Crippen LogP contribution in [-0.4, -0.2) is 50.2 Å². The van der Waals surface area contributed by atoms with E-state index in [9.17, 15) is 40.3 Å². The average molecular weight is 631 g/mol. The molecule has 1 saturated heterocycles. The van der Waals surface area contributed by atoms with Gasteiger partial charge in [-0.15, -0.1) is 0 Å². The molecule has 3 fully saturated rings. The number of fused-ring (bicyclic) bond motifs is 1. The second-order valence-corrected chi connectivity index (χ2v) is 12.0. The number of nitrogens with zero attached hydrogens (tertiary/aromatic N) is 4. The molecule has 16 heteroatoms. The van der Waals surface area contributed by atoms with E-state index in [4.69, 9.17) is 4.52 Å². The molecule has 2 N–H and O–H groups in total. The van der Waals surface area contributed by atoms with E-state index < -0.39 is 90.2 Å². The first kappa shape index (κ1) is 30.3. The van der Waals surface area contributed by atoms with Gasteiger partial charge in [-0.2, -0.15) is 27.1 Å². The van der Waals surface area contributed by atoms with Crippen molar-refractivity contribution in [1.82, 2.24) is 30.4 Å². The maximum absolute atomic E-state index is 14.9. The summed E-state index contributed by atoms with van der Waals surface area (Å²) in [5.41, 5.74) is -0.403. The van der Waals surface area contributed by atoms with E-state index in [1.165, 1.54) is 22.8 Å². The van der Waals surface area contributed by atoms with Crippen molar-refractivity contribution in [1.29, 1.82) is 0 Å². The van der Waals surface area contributed by atoms with E-state index in [0.29, 0.717) is 5.69 Å². The van der Waals surface area contributed by atoms with E-state index in [1.54, 1.807) is 0 Å². The van der Waals surface area contributed by atoms with Crippen molar-refractivity contribution in [3.63, 3.8) is 0 Å². The number of alkyl halides is 7. The minimum Gasteiger partial charge on any atom is -0.363 e. The van der Waals surface area contributed by atoms with E-state index in [1.807, 2.05) is 0 Å². The van der Waals surface area contributed by atoms with E-state index in [2.05, 4.69) is 25.9 Å². The van der Waals surface area contributed by atoms with Gasteiger partial charge >= 0.3 is 6.18 Å². The molecule has 3 aliphatic rings. The largest absolute Gasteiger partial charge is 0.393 e. The van der Waals surface area contributed by atoms with Crippen LogP contribution < -0.4 is 10.6 Å². The third-order valence-electron chi connectivity index (χ3n) is 8.83. The molecule has 44 heavy (non-hydrogen) atoms. The van der Waals surface area contributed by atoms with E-state index in [0.717, 1.165) is 6.26 Å². The van der Waals surface area contributed by atoms with Crippen molar-refractivity contribution >= 4 is 17.5 Å². The van der Waals surface area contributed by atoms with E-state index in [-0.39, 0.29) is 49.9 Å². The molecule has 6 rings (SSSR count). The van der Waals surface area contributed by atoms with Crippen LogP contribution in [0.5, 0.6) is 0 Å². The van der Waals surface area contributed by atoms with Crippen molar-refractivity contribution < 1.29 is 44.8 Å². The summed E-state index contributed by atoms with van der Waals surface area (Å²) in [7, 11) is 0. The summed E-state index contributed by atoms with van der Waals surface area (Å²) < 4.78 is 104. The molecule has 1 unspecified atom stereocenters. The Bertz CT molecular complexity index is 1540. The third-order valence-corrected chi connectivity index (χ3v) is 8.83. The van der Waals surface area contributed by atoms with Gasteiger partial charge in [0.25, 0.3) is 11.8 Å². The monoisotopic (exact) mass is 630 g/mol. The fraction of sp³-hybridized carbons (Fsp3) is 0.607. The molecular formula is C28H29F7N6O3. The fourth-order valence-corrected chi connectivity index (χ4v) is 6.10. The number of amides is 2. The van der Waals surface area contributed by atoms with Crippen LogP contribution in [-0.2, 0) is 17.1 Å². The summed E-state index contributed by atoms with van der Waals surface area (Å²) >= 11 is 0. The highest BCUT2D eigenvalue weighted by molar-refractivity contribution is 5.95. The Balaban J connectivity index is 1.26. The molecule has 3 aromatic heterocycles. The first-order valence-corrected chi connectivity index (χ1v) is 14.4. The van der Waals surface area contributed by atoms with Crippen LogP contribution in [0.4, 0.5) is 30.7 Å². The van der Waals surface area contributed by atoms with Gasteiger partial charge in [0.05, 0.1) is 29.5 Å². The highest BCUT2D eigenvalue weighted by atomic mass is 19.4. The second-order valence-electron chi connectivity index (χ2n) is 12.0. The minimum absolute atomic E-state index is 0.0242. The van der Waals surface area contributed by atoms with Gasteiger partial charge in [0.1, 0.15) is 11.8 Å². The molecule has 238 valence electrons. The van der Waals surface area contributed by atoms with Gasteiger partial charge in [0, 0.05) is 37.6 Å². The lowest BCUT2D eigenvalue weighted by Gasteiger charge is -2.33. The number of nitrogens with one attached hydrogen (secondary N) is 2. The Morgan fingerprint density at radius 1 is 1.11 bits per heavy atom. The van der Waals surface area contributed by atoms with Crippen LogP contribution in [0, 0.1) is 23.7 Å². The number of aromatic nitrogens is 4. The maximum Gasteiger partial charge on any atom is 0.393 e. The Labute approximate surface area is 245 Å². The molecular weight excluding hydrogens is 601 g/mol. The number of rotatable bonds is 8. The van der Waals surface area contributed by atoms with Crippen LogP contribution in [0.3, 0.4) is 0 Å². The fourth-order valence-electron chi connectivity index (χ4n) is 6.10. The molecule has 4 heterocycles. The SMILES string of the molecule is O=C(N[C@H](c1cn2nc(CC3C[C@@H](C(F)(F)F)CNC3=O)ccc2n1)C1CCC(F)(F)CC1)c1conc1C(F)(F)C1CC1. The lowest BCUT2D eigenvalue weighted by atomic mass is 9.81. The molecule has 0 aromatic carbocycles. The highest BCUT2D eigenvalue weighted by Gasteiger charge is 2.52. The number of carbonyl (C=O) groups is 2. The molecule has 0 radical (unpaired) electrons. The van der Waals surface area contributed by atoms with Gasteiger partial charge in [-0.1, -0.05) is 5.16 Å². The standard InChI is InChI=1S/C28H29F7N6O3/c29-26(30)7-5-14(6-8-26)22(38-25(43)19-13-44-40-23(19)27(31,32)16-1-2-16)20-12-41-21(37-20)4-3-18(39-41)10-15-9-17(28(33,34)35)11-36-24(15)42/h3-4,12-17,22H,1-2,5-11H2,(H,36,42)(H,38,43)/t15?,17-,22+/m1/s1. The van der Waals surface area contributed by atoms with Crippen LogP contribution in [0.2, 0.25) is 0 Å². The van der Waals surface area contributed by atoms with Crippen molar-refractivity contribution in [2.75, 3.05) is 6.54 Å². The molecule has 1 aliphatic heterocycles. The first-order valence-electron chi connectivity index (χ1n) is 14.4. The molecule has 3 aromatic rings.